The number of aryl methyl sites for hydroxylation is 1. The molecule has 0 heterocycles. The highest BCUT2D eigenvalue weighted by molar-refractivity contribution is 5.14. The molecular weight excluding hydrogens is 324 g/mol. The monoisotopic (exact) mass is 372 g/mol. The van der Waals surface area contributed by atoms with Crippen LogP contribution in [0.25, 0.3) is 0 Å². The number of hydrogen-bond donors (Lipinski definition) is 0. The van der Waals surface area contributed by atoms with E-state index in [9.17, 15) is 0 Å². The van der Waals surface area contributed by atoms with Crippen LogP contribution in [0.3, 0.4) is 0 Å². The van der Waals surface area contributed by atoms with Crippen molar-refractivity contribution in [1.29, 1.82) is 0 Å². The fourth-order valence-corrected chi connectivity index (χ4v) is 4.24. The van der Waals surface area contributed by atoms with Gasteiger partial charge in [0.25, 0.3) is 0 Å². The molecule has 0 radical (unpaired) electrons. The molecule has 0 saturated heterocycles. The third-order valence-corrected chi connectivity index (χ3v) is 6.27. The molecule has 0 heteroatoms. The lowest BCUT2D eigenvalue weighted by atomic mass is 9.90. The maximum Gasteiger partial charge on any atom is -0.0279 e. The lowest BCUT2D eigenvalue weighted by Crippen LogP contribution is -2.02. The van der Waals surface area contributed by atoms with E-state index < -0.39 is 0 Å². The summed E-state index contributed by atoms with van der Waals surface area (Å²) in [4.78, 5) is 0. The predicted octanol–water partition coefficient (Wildman–Crippen LogP) is 9.08. The minimum Gasteiger partial charge on any atom is -0.0628 e. The molecule has 0 aliphatic heterocycles. The Labute approximate surface area is 171 Å². The molecule has 1 aromatic rings. The number of hydrogen-bond acceptors (Lipinski definition) is 0. The molecule has 3 unspecified atom stereocenters. The molecule has 0 N–H and O–H groups in total. The van der Waals surface area contributed by atoms with Crippen molar-refractivity contribution < 1.29 is 0 Å². The first-order valence-electron chi connectivity index (χ1n) is 12.0. The van der Waals surface area contributed by atoms with Gasteiger partial charge >= 0.3 is 0 Å². The van der Waals surface area contributed by atoms with Crippen LogP contribution in [-0.2, 0) is 6.42 Å². The van der Waals surface area contributed by atoms with Gasteiger partial charge in [-0.2, -0.15) is 0 Å². The predicted molar refractivity (Wildman–Crippen MR) is 123 cm³/mol. The van der Waals surface area contributed by atoms with Crippen molar-refractivity contribution in [1.82, 2.24) is 0 Å². The molecule has 27 heavy (non-hydrogen) atoms. The Kier molecular flexibility index (Phi) is 13.6. The third-order valence-electron chi connectivity index (χ3n) is 6.27. The summed E-state index contributed by atoms with van der Waals surface area (Å²) in [7, 11) is 0. The lowest BCUT2D eigenvalue weighted by Gasteiger charge is -2.16. The normalized spacial score (nSPS) is 15.0. The van der Waals surface area contributed by atoms with Gasteiger partial charge in [-0.15, -0.1) is 0 Å². The molecule has 3 atom stereocenters. The van der Waals surface area contributed by atoms with E-state index in [2.05, 4.69) is 65.0 Å². The van der Waals surface area contributed by atoms with Crippen LogP contribution in [-0.4, -0.2) is 0 Å². The van der Waals surface area contributed by atoms with E-state index in [1.807, 2.05) is 0 Å². The second-order valence-electron chi connectivity index (χ2n) is 9.88. The summed E-state index contributed by atoms with van der Waals surface area (Å²) in [5.74, 6) is 3.62. The Morgan fingerprint density at radius 3 is 1.37 bits per heavy atom. The van der Waals surface area contributed by atoms with Crippen molar-refractivity contribution in [2.24, 2.45) is 23.7 Å². The second-order valence-corrected chi connectivity index (χ2v) is 9.88. The highest BCUT2D eigenvalue weighted by atomic mass is 14.1. The van der Waals surface area contributed by atoms with E-state index in [0.29, 0.717) is 0 Å². The summed E-state index contributed by atoms with van der Waals surface area (Å²) in [5, 5.41) is 0. The molecule has 0 aliphatic carbocycles. The smallest absolute Gasteiger partial charge is 0.0279 e. The minimum absolute atomic E-state index is 0.873. The standard InChI is InChI=1S/C27H48/c1-23(2)13-9-14-24(3)15-10-16-25(4)17-11-18-26(5)19-12-22-27-20-7-6-8-21-27/h6-8,20-21,23-26H,9-19,22H2,1-5H3. The molecule has 0 saturated carbocycles. The molecular formula is C27H48. The molecule has 156 valence electrons. The fourth-order valence-electron chi connectivity index (χ4n) is 4.24. The molecule has 0 fully saturated rings. The Morgan fingerprint density at radius 1 is 0.519 bits per heavy atom. The first-order valence-corrected chi connectivity index (χ1v) is 12.0. The molecule has 0 aromatic heterocycles. The van der Waals surface area contributed by atoms with Crippen molar-refractivity contribution in [2.45, 2.75) is 112 Å². The van der Waals surface area contributed by atoms with Gasteiger partial charge in [0.15, 0.2) is 0 Å². The Balaban J connectivity index is 1.97. The summed E-state index contributed by atoms with van der Waals surface area (Å²) in [5.41, 5.74) is 1.50. The third kappa shape index (κ3) is 14.0. The molecule has 1 aromatic carbocycles. The van der Waals surface area contributed by atoms with E-state index in [1.54, 1.807) is 0 Å². The Hall–Kier alpha value is -0.780. The zero-order valence-corrected chi connectivity index (χ0v) is 19.2. The quantitative estimate of drug-likeness (QED) is 0.271. The topological polar surface area (TPSA) is 0 Å². The largest absolute Gasteiger partial charge is 0.0628 e. The van der Waals surface area contributed by atoms with E-state index >= 15 is 0 Å². The highest BCUT2D eigenvalue weighted by Crippen LogP contribution is 2.23. The van der Waals surface area contributed by atoms with Gasteiger partial charge in [0.05, 0.1) is 0 Å². The molecule has 0 nitrogen and oxygen atoms in total. The Morgan fingerprint density at radius 2 is 0.926 bits per heavy atom. The molecule has 0 aliphatic rings. The van der Waals surface area contributed by atoms with E-state index in [4.69, 9.17) is 0 Å². The van der Waals surface area contributed by atoms with E-state index in [1.165, 1.54) is 82.6 Å². The second kappa shape index (κ2) is 15.2. The van der Waals surface area contributed by atoms with Gasteiger partial charge < -0.3 is 0 Å². The van der Waals surface area contributed by atoms with Crippen molar-refractivity contribution in [3.63, 3.8) is 0 Å². The van der Waals surface area contributed by atoms with Crippen LogP contribution in [0.1, 0.15) is 111 Å². The first-order chi connectivity index (χ1) is 13.0. The van der Waals surface area contributed by atoms with Crippen LogP contribution in [0.15, 0.2) is 30.3 Å². The average Bonchev–Trinajstić information content (AvgIpc) is 2.62. The summed E-state index contributed by atoms with van der Waals surface area (Å²) in [6.07, 6.45) is 16.9. The summed E-state index contributed by atoms with van der Waals surface area (Å²) in [6.45, 7) is 12.1. The lowest BCUT2D eigenvalue weighted by molar-refractivity contribution is 0.372. The van der Waals surface area contributed by atoms with Gasteiger partial charge in [0.2, 0.25) is 0 Å². The van der Waals surface area contributed by atoms with Gasteiger partial charge in [0.1, 0.15) is 0 Å². The Bertz CT molecular complexity index is 433. The molecule has 0 spiro atoms. The zero-order valence-electron chi connectivity index (χ0n) is 19.2. The first kappa shape index (κ1) is 24.3. The van der Waals surface area contributed by atoms with E-state index in [-0.39, 0.29) is 0 Å². The number of benzene rings is 1. The van der Waals surface area contributed by atoms with Crippen LogP contribution in [0.2, 0.25) is 0 Å². The van der Waals surface area contributed by atoms with Gasteiger partial charge in [0, 0.05) is 0 Å². The molecule has 0 bridgehead atoms. The van der Waals surface area contributed by atoms with Crippen LogP contribution < -0.4 is 0 Å². The van der Waals surface area contributed by atoms with Crippen molar-refractivity contribution >= 4 is 0 Å². The van der Waals surface area contributed by atoms with Crippen LogP contribution in [0.4, 0.5) is 0 Å². The summed E-state index contributed by atoms with van der Waals surface area (Å²) < 4.78 is 0. The summed E-state index contributed by atoms with van der Waals surface area (Å²) in [6, 6.07) is 11.0. The molecule has 1 rings (SSSR count). The van der Waals surface area contributed by atoms with Crippen LogP contribution in [0.5, 0.6) is 0 Å². The van der Waals surface area contributed by atoms with Crippen LogP contribution >= 0.6 is 0 Å². The van der Waals surface area contributed by atoms with Crippen molar-refractivity contribution in [3.8, 4) is 0 Å². The summed E-state index contributed by atoms with van der Waals surface area (Å²) >= 11 is 0. The fraction of sp³-hybridized carbons (Fsp3) is 0.778. The highest BCUT2D eigenvalue weighted by Gasteiger charge is 2.08. The zero-order chi connectivity index (χ0) is 19.9. The van der Waals surface area contributed by atoms with Crippen molar-refractivity contribution in [2.75, 3.05) is 0 Å². The maximum absolute atomic E-state index is 2.48. The van der Waals surface area contributed by atoms with Crippen LogP contribution in [0, 0.1) is 23.7 Å². The molecule has 0 amide bonds. The van der Waals surface area contributed by atoms with Gasteiger partial charge in [-0.3, -0.25) is 0 Å². The van der Waals surface area contributed by atoms with Crippen molar-refractivity contribution in [3.05, 3.63) is 35.9 Å². The van der Waals surface area contributed by atoms with E-state index in [0.717, 1.165) is 23.7 Å². The van der Waals surface area contributed by atoms with Gasteiger partial charge in [-0.05, 0) is 42.1 Å². The van der Waals surface area contributed by atoms with Gasteiger partial charge in [-0.25, -0.2) is 0 Å². The van der Waals surface area contributed by atoms with Gasteiger partial charge in [-0.1, -0.05) is 129 Å². The average molecular weight is 373 g/mol. The maximum atomic E-state index is 2.48. The minimum atomic E-state index is 0.873. The SMILES string of the molecule is CC(C)CCCC(C)CCCC(C)CCCC(C)CCCc1ccccc1. The number of rotatable bonds is 16.